The van der Waals surface area contributed by atoms with Gasteiger partial charge in [-0.15, -0.1) is 0 Å². The zero-order valence-corrected chi connectivity index (χ0v) is 16.4. The first kappa shape index (κ1) is 18.5. The molecule has 2 aromatic rings. The Morgan fingerprint density at radius 3 is 2.82 bits per heavy atom. The lowest BCUT2D eigenvalue weighted by Crippen LogP contribution is -2.34. The molecule has 144 valence electrons. The van der Waals surface area contributed by atoms with E-state index < -0.39 is 0 Å². The number of carbonyl (C=O) groups excluding carboxylic acids is 2. The Hall–Kier alpha value is -2.82. The summed E-state index contributed by atoms with van der Waals surface area (Å²) >= 11 is 0. The van der Waals surface area contributed by atoms with Crippen LogP contribution in [0.25, 0.3) is 11.1 Å². The number of carbonyl (C=O) groups is 2. The van der Waals surface area contributed by atoms with Gasteiger partial charge < -0.3 is 5.32 Å². The van der Waals surface area contributed by atoms with Crippen molar-refractivity contribution in [2.24, 2.45) is 5.41 Å². The average Bonchev–Trinajstić information content (AvgIpc) is 2.68. The smallest absolute Gasteiger partial charge is 0.253 e. The van der Waals surface area contributed by atoms with Crippen molar-refractivity contribution in [1.29, 1.82) is 0 Å². The van der Waals surface area contributed by atoms with Crippen molar-refractivity contribution in [2.75, 3.05) is 6.54 Å². The summed E-state index contributed by atoms with van der Waals surface area (Å²) in [6.07, 6.45) is 12.2. The van der Waals surface area contributed by atoms with Gasteiger partial charge in [0.25, 0.3) is 5.91 Å². The Kier molecular flexibility index (Phi) is 4.84. The highest BCUT2D eigenvalue weighted by Gasteiger charge is 2.40. The Balaban J connectivity index is 1.95. The third-order valence-electron chi connectivity index (χ3n) is 5.80. The molecule has 1 unspecified atom stereocenters. The maximum atomic E-state index is 13.4. The van der Waals surface area contributed by atoms with Crippen LogP contribution in [-0.4, -0.2) is 28.2 Å². The highest BCUT2D eigenvalue weighted by atomic mass is 16.1. The summed E-state index contributed by atoms with van der Waals surface area (Å²) in [5.41, 5.74) is 3.90. The number of rotatable bonds is 3. The van der Waals surface area contributed by atoms with E-state index in [1.807, 2.05) is 26.0 Å². The van der Waals surface area contributed by atoms with Gasteiger partial charge in [0.2, 0.25) is 0 Å². The normalized spacial score (nSPS) is 20.9. The van der Waals surface area contributed by atoms with Crippen LogP contribution in [0.2, 0.25) is 0 Å². The molecule has 4 rings (SSSR count). The first-order valence-corrected chi connectivity index (χ1v) is 9.97. The third kappa shape index (κ3) is 3.15. The van der Waals surface area contributed by atoms with Gasteiger partial charge in [0, 0.05) is 47.5 Å². The van der Waals surface area contributed by atoms with E-state index >= 15 is 0 Å². The number of aromatic nitrogens is 2. The van der Waals surface area contributed by atoms with Crippen molar-refractivity contribution in [1.82, 2.24) is 15.3 Å². The number of Topliss-reactive ketones (excluding diaryl/α,β-unsaturated/α-hetero) is 1. The molecule has 2 heterocycles. The predicted octanol–water partition coefficient (Wildman–Crippen LogP) is 4.06. The number of nitrogens with zero attached hydrogens (tertiary/aromatic N) is 2. The van der Waals surface area contributed by atoms with Crippen LogP contribution in [0, 0.1) is 12.3 Å². The summed E-state index contributed by atoms with van der Waals surface area (Å²) in [6.45, 7) is 4.25. The van der Waals surface area contributed by atoms with Gasteiger partial charge in [-0.2, -0.15) is 0 Å². The van der Waals surface area contributed by atoms with Gasteiger partial charge in [0.05, 0.1) is 17.0 Å². The van der Waals surface area contributed by atoms with Crippen LogP contribution in [0.4, 0.5) is 0 Å². The lowest BCUT2D eigenvalue weighted by molar-refractivity contribution is 0.0906. The summed E-state index contributed by atoms with van der Waals surface area (Å²) in [7, 11) is 0. The molecule has 1 N–H and O–H groups in total. The predicted molar refractivity (Wildman–Crippen MR) is 108 cm³/mol. The molecule has 0 bridgehead atoms. The molecule has 0 aliphatic heterocycles. The molecule has 0 saturated carbocycles. The number of pyridine rings is 2. The number of amides is 1. The van der Waals surface area contributed by atoms with Gasteiger partial charge in [-0.3, -0.25) is 19.6 Å². The highest BCUT2D eigenvalue weighted by Crippen LogP contribution is 2.45. The molecule has 1 spiro atoms. The summed E-state index contributed by atoms with van der Waals surface area (Å²) in [5.74, 6) is -0.121. The van der Waals surface area contributed by atoms with Gasteiger partial charge in [0.15, 0.2) is 5.78 Å². The second kappa shape index (κ2) is 7.30. The zero-order chi connectivity index (χ0) is 19.7. The quantitative estimate of drug-likeness (QED) is 0.821. The summed E-state index contributed by atoms with van der Waals surface area (Å²) in [6, 6.07) is 3.74. The van der Waals surface area contributed by atoms with Crippen LogP contribution in [0.15, 0.2) is 36.7 Å². The molecule has 5 nitrogen and oxygen atoms in total. The van der Waals surface area contributed by atoms with E-state index in [4.69, 9.17) is 4.98 Å². The van der Waals surface area contributed by atoms with Gasteiger partial charge in [0.1, 0.15) is 0 Å². The van der Waals surface area contributed by atoms with Crippen molar-refractivity contribution in [2.45, 2.75) is 46.0 Å². The van der Waals surface area contributed by atoms with E-state index in [9.17, 15) is 9.59 Å². The Morgan fingerprint density at radius 1 is 1.29 bits per heavy atom. The molecule has 0 radical (unpaired) electrons. The molecular weight excluding hydrogens is 350 g/mol. The van der Waals surface area contributed by atoms with Crippen LogP contribution in [0.5, 0.6) is 0 Å². The molecule has 1 atom stereocenters. The highest BCUT2D eigenvalue weighted by molar-refractivity contribution is 6.11. The summed E-state index contributed by atoms with van der Waals surface area (Å²) in [4.78, 5) is 35.2. The molecule has 5 heteroatoms. The molecule has 28 heavy (non-hydrogen) atoms. The van der Waals surface area contributed by atoms with E-state index in [1.165, 1.54) is 0 Å². The first-order valence-electron chi connectivity index (χ1n) is 9.97. The standard InChI is InChI=1S/C23H25N3O2/c1-3-25-22(28)19-15(2)26-17-12-23(9-5-4-6-10-23)13-18(27)21(17)20(19)16-8-7-11-24-14-16/h5,7-9,11,14H,3-4,6,10,12-13H2,1-2H3,(H,25,28). The molecule has 2 aliphatic carbocycles. The fourth-order valence-corrected chi connectivity index (χ4v) is 4.61. The van der Waals surface area contributed by atoms with Crippen molar-refractivity contribution in [3.8, 4) is 11.1 Å². The zero-order valence-electron chi connectivity index (χ0n) is 16.4. The maximum absolute atomic E-state index is 13.4. The van der Waals surface area contributed by atoms with Gasteiger partial charge in [-0.25, -0.2) is 0 Å². The van der Waals surface area contributed by atoms with Crippen molar-refractivity contribution >= 4 is 11.7 Å². The van der Waals surface area contributed by atoms with Crippen LogP contribution >= 0.6 is 0 Å². The van der Waals surface area contributed by atoms with Crippen molar-refractivity contribution in [3.05, 3.63) is 59.2 Å². The van der Waals surface area contributed by atoms with Crippen LogP contribution in [0.1, 0.15) is 64.7 Å². The lowest BCUT2D eigenvalue weighted by Gasteiger charge is -2.37. The summed E-state index contributed by atoms with van der Waals surface area (Å²) in [5, 5.41) is 2.87. The molecule has 1 amide bonds. The van der Waals surface area contributed by atoms with E-state index in [-0.39, 0.29) is 17.1 Å². The SMILES string of the molecule is CCNC(=O)c1c(C)nc2c(c1-c1cccnc1)C(=O)CC1(C=CCCC1)C2. The first-order chi connectivity index (χ1) is 13.5. The minimum atomic E-state index is -0.195. The fourth-order valence-electron chi connectivity index (χ4n) is 4.61. The lowest BCUT2D eigenvalue weighted by atomic mass is 9.66. The molecule has 0 aromatic carbocycles. The number of hydrogen-bond acceptors (Lipinski definition) is 4. The maximum Gasteiger partial charge on any atom is 0.253 e. The largest absolute Gasteiger partial charge is 0.352 e. The number of nitrogens with one attached hydrogen (secondary N) is 1. The number of fused-ring (bicyclic) bond motifs is 1. The summed E-state index contributed by atoms with van der Waals surface area (Å²) < 4.78 is 0. The third-order valence-corrected chi connectivity index (χ3v) is 5.80. The second-order valence-corrected chi connectivity index (χ2v) is 7.80. The van der Waals surface area contributed by atoms with Gasteiger partial charge in [-0.1, -0.05) is 18.2 Å². The van der Waals surface area contributed by atoms with Crippen molar-refractivity contribution in [3.63, 3.8) is 0 Å². The van der Waals surface area contributed by atoms with E-state index in [0.717, 1.165) is 36.9 Å². The molecule has 2 aromatic heterocycles. The van der Waals surface area contributed by atoms with Crippen molar-refractivity contribution < 1.29 is 9.59 Å². The Labute approximate surface area is 165 Å². The monoisotopic (exact) mass is 375 g/mol. The topological polar surface area (TPSA) is 72.0 Å². The van der Waals surface area contributed by atoms with Crippen LogP contribution in [-0.2, 0) is 6.42 Å². The fraction of sp³-hybridized carbons (Fsp3) is 0.391. The van der Waals surface area contributed by atoms with Crippen LogP contribution < -0.4 is 5.32 Å². The minimum absolute atomic E-state index is 0.0738. The number of ketones is 1. The van der Waals surface area contributed by atoms with Gasteiger partial charge in [-0.05, 0) is 45.6 Å². The van der Waals surface area contributed by atoms with Gasteiger partial charge >= 0.3 is 0 Å². The van der Waals surface area contributed by atoms with E-state index in [2.05, 4.69) is 22.5 Å². The Bertz CT molecular complexity index is 966. The molecule has 0 fully saturated rings. The number of hydrogen-bond donors (Lipinski definition) is 1. The number of aryl methyl sites for hydroxylation is 1. The molecule has 0 saturated heterocycles. The second-order valence-electron chi connectivity index (χ2n) is 7.80. The minimum Gasteiger partial charge on any atom is -0.352 e. The average molecular weight is 375 g/mol. The van der Waals surface area contributed by atoms with E-state index in [1.54, 1.807) is 12.4 Å². The number of allylic oxidation sites excluding steroid dienone is 2. The van der Waals surface area contributed by atoms with Crippen LogP contribution in [0.3, 0.4) is 0 Å². The van der Waals surface area contributed by atoms with E-state index in [0.29, 0.717) is 35.3 Å². The Morgan fingerprint density at radius 2 is 2.14 bits per heavy atom. The molecule has 2 aliphatic rings. The molecular formula is C23H25N3O2.